The number of anilines is 1. The molecule has 2 aliphatic heterocycles. The molecule has 2 N–H and O–H groups in total. The van der Waals surface area contributed by atoms with Crippen molar-refractivity contribution in [1.82, 2.24) is 10.6 Å². The van der Waals surface area contributed by atoms with Crippen LogP contribution in [0.1, 0.15) is 18.4 Å². The Labute approximate surface area is 147 Å². The number of rotatable bonds is 3. The van der Waals surface area contributed by atoms with Gasteiger partial charge in [0.15, 0.2) is 0 Å². The zero-order chi connectivity index (χ0) is 18.2. The van der Waals surface area contributed by atoms with Crippen LogP contribution in [0.25, 0.3) is 0 Å². The highest BCUT2D eigenvalue weighted by molar-refractivity contribution is 6.31. The molecule has 1 aromatic carbocycles. The number of alkyl halides is 3. The molecular weight excluding hydrogens is 359 g/mol. The van der Waals surface area contributed by atoms with Gasteiger partial charge in [0.1, 0.15) is 13.1 Å². The molecule has 1 saturated heterocycles. The van der Waals surface area contributed by atoms with Crippen LogP contribution >= 0.6 is 11.6 Å². The molecule has 3 rings (SSSR count). The molecular formula is C16H17ClF3N3O2. The average molecular weight is 376 g/mol. The first-order chi connectivity index (χ1) is 11.7. The molecule has 9 heteroatoms. The van der Waals surface area contributed by atoms with E-state index in [1.807, 2.05) is 5.32 Å². The molecule has 0 radical (unpaired) electrons. The third kappa shape index (κ3) is 3.46. The zero-order valence-corrected chi connectivity index (χ0v) is 14.0. The Balaban J connectivity index is 1.86. The van der Waals surface area contributed by atoms with Gasteiger partial charge in [0.2, 0.25) is 11.8 Å². The normalized spacial score (nSPS) is 19.2. The summed E-state index contributed by atoms with van der Waals surface area (Å²) in [6, 6.07) is 4.96. The fraction of sp³-hybridized carbons (Fsp3) is 0.500. The monoisotopic (exact) mass is 375 g/mol. The van der Waals surface area contributed by atoms with Gasteiger partial charge in [0.05, 0.1) is 5.41 Å². The molecule has 0 aliphatic carbocycles. The van der Waals surface area contributed by atoms with Gasteiger partial charge in [0.25, 0.3) is 0 Å². The summed E-state index contributed by atoms with van der Waals surface area (Å²) in [6.07, 6.45) is -3.38. The number of piperidine rings is 1. The van der Waals surface area contributed by atoms with E-state index in [-0.39, 0.29) is 5.91 Å². The van der Waals surface area contributed by atoms with Crippen molar-refractivity contribution < 1.29 is 22.8 Å². The standard InChI is InChI=1S/C16H17ClF3N3O2/c17-10-1-2-12-11(7-10)15(3-5-21-6-4-15)14(25)23(12)8-13(24)22-9-16(18,19)20/h1-2,7,21H,3-6,8-9H2,(H,22,24). The number of amides is 2. The highest BCUT2D eigenvalue weighted by Crippen LogP contribution is 2.47. The van der Waals surface area contributed by atoms with E-state index in [0.29, 0.717) is 36.6 Å². The molecule has 0 atom stereocenters. The molecule has 25 heavy (non-hydrogen) atoms. The number of nitrogens with zero attached hydrogens (tertiary/aromatic N) is 1. The Bertz CT molecular complexity index is 702. The molecule has 2 amide bonds. The van der Waals surface area contributed by atoms with E-state index in [2.05, 4.69) is 5.32 Å². The molecule has 0 saturated carbocycles. The van der Waals surface area contributed by atoms with Crippen molar-refractivity contribution >= 4 is 29.1 Å². The summed E-state index contributed by atoms with van der Waals surface area (Å²) in [6.45, 7) is -0.577. The lowest BCUT2D eigenvalue weighted by molar-refractivity contribution is -0.138. The van der Waals surface area contributed by atoms with Crippen molar-refractivity contribution in [3.63, 3.8) is 0 Å². The van der Waals surface area contributed by atoms with Crippen LogP contribution in [0, 0.1) is 0 Å². The molecule has 2 heterocycles. The van der Waals surface area contributed by atoms with Gasteiger partial charge < -0.3 is 15.5 Å². The molecule has 1 aromatic rings. The molecule has 1 fully saturated rings. The topological polar surface area (TPSA) is 61.4 Å². The van der Waals surface area contributed by atoms with Crippen LogP contribution in [0.5, 0.6) is 0 Å². The molecule has 5 nitrogen and oxygen atoms in total. The largest absolute Gasteiger partial charge is 0.405 e. The Morgan fingerprint density at radius 2 is 2.00 bits per heavy atom. The number of carbonyl (C=O) groups is 2. The van der Waals surface area contributed by atoms with Crippen molar-refractivity contribution in [1.29, 1.82) is 0 Å². The van der Waals surface area contributed by atoms with Gasteiger partial charge in [-0.2, -0.15) is 13.2 Å². The van der Waals surface area contributed by atoms with Crippen LogP contribution < -0.4 is 15.5 Å². The van der Waals surface area contributed by atoms with Gasteiger partial charge in [-0.3, -0.25) is 9.59 Å². The van der Waals surface area contributed by atoms with Gasteiger partial charge in [0, 0.05) is 10.7 Å². The van der Waals surface area contributed by atoms with Crippen molar-refractivity contribution in [3.8, 4) is 0 Å². The SMILES string of the molecule is O=C(CN1C(=O)C2(CCNCC2)c2cc(Cl)ccc21)NCC(F)(F)F. The summed E-state index contributed by atoms with van der Waals surface area (Å²) in [7, 11) is 0. The Morgan fingerprint density at radius 1 is 1.32 bits per heavy atom. The minimum Gasteiger partial charge on any atom is -0.345 e. The summed E-state index contributed by atoms with van der Waals surface area (Å²) < 4.78 is 36.8. The highest BCUT2D eigenvalue weighted by atomic mass is 35.5. The molecule has 136 valence electrons. The first-order valence-electron chi connectivity index (χ1n) is 7.89. The number of nitrogens with one attached hydrogen (secondary N) is 2. The van der Waals surface area contributed by atoms with Crippen molar-refractivity contribution in [2.75, 3.05) is 31.1 Å². The van der Waals surface area contributed by atoms with E-state index in [4.69, 9.17) is 11.6 Å². The molecule has 0 bridgehead atoms. The van der Waals surface area contributed by atoms with E-state index in [1.165, 1.54) is 4.90 Å². The number of benzene rings is 1. The van der Waals surface area contributed by atoms with Gasteiger partial charge in [-0.1, -0.05) is 11.6 Å². The first kappa shape index (κ1) is 18.0. The summed E-state index contributed by atoms with van der Waals surface area (Å²) in [4.78, 5) is 26.2. The van der Waals surface area contributed by atoms with Crippen LogP contribution in [-0.2, 0) is 15.0 Å². The number of hydrogen-bond donors (Lipinski definition) is 2. The molecule has 0 unspecified atom stereocenters. The average Bonchev–Trinajstić information content (AvgIpc) is 2.76. The number of carbonyl (C=O) groups excluding carboxylic acids is 2. The van der Waals surface area contributed by atoms with Gasteiger partial charge >= 0.3 is 6.18 Å². The fourth-order valence-electron chi connectivity index (χ4n) is 3.50. The van der Waals surface area contributed by atoms with E-state index >= 15 is 0 Å². The first-order valence-corrected chi connectivity index (χ1v) is 8.27. The van der Waals surface area contributed by atoms with Crippen LogP contribution in [0.2, 0.25) is 5.02 Å². The lowest BCUT2D eigenvalue weighted by Gasteiger charge is -2.33. The maximum atomic E-state index is 13.0. The Hall–Kier alpha value is -1.80. The van der Waals surface area contributed by atoms with Crippen LogP contribution in [0.4, 0.5) is 18.9 Å². The lowest BCUT2D eigenvalue weighted by Crippen LogP contribution is -2.49. The summed E-state index contributed by atoms with van der Waals surface area (Å²) in [5.41, 5.74) is 0.518. The van der Waals surface area contributed by atoms with Crippen LogP contribution in [0.3, 0.4) is 0 Å². The second-order valence-electron chi connectivity index (χ2n) is 6.28. The second kappa shape index (κ2) is 6.49. The Kier molecular flexibility index (Phi) is 4.68. The molecule has 1 spiro atoms. The van der Waals surface area contributed by atoms with Crippen LogP contribution in [-0.4, -0.2) is 44.2 Å². The van der Waals surface area contributed by atoms with E-state index < -0.39 is 30.6 Å². The van der Waals surface area contributed by atoms with Gasteiger partial charge in [-0.05, 0) is 49.7 Å². The number of halogens is 4. The summed E-state index contributed by atoms with van der Waals surface area (Å²) >= 11 is 6.08. The van der Waals surface area contributed by atoms with Crippen molar-refractivity contribution in [2.45, 2.75) is 24.4 Å². The van der Waals surface area contributed by atoms with E-state index in [0.717, 1.165) is 5.56 Å². The summed E-state index contributed by atoms with van der Waals surface area (Å²) in [5, 5.41) is 5.47. The van der Waals surface area contributed by atoms with Crippen LogP contribution in [0.15, 0.2) is 18.2 Å². The quantitative estimate of drug-likeness (QED) is 0.849. The van der Waals surface area contributed by atoms with Crippen molar-refractivity contribution in [2.24, 2.45) is 0 Å². The zero-order valence-electron chi connectivity index (χ0n) is 13.3. The molecule has 2 aliphatic rings. The van der Waals surface area contributed by atoms with E-state index in [1.54, 1.807) is 18.2 Å². The minimum atomic E-state index is -4.49. The third-order valence-corrected chi connectivity index (χ3v) is 4.90. The maximum absolute atomic E-state index is 13.0. The Morgan fingerprint density at radius 3 is 2.64 bits per heavy atom. The predicted octanol–water partition coefficient (Wildman–Crippen LogP) is 1.99. The smallest absolute Gasteiger partial charge is 0.345 e. The summed E-state index contributed by atoms with van der Waals surface area (Å²) in [5.74, 6) is -1.11. The molecule has 0 aromatic heterocycles. The van der Waals surface area contributed by atoms with Gasteiger partial charge in [-0.25, -0.2) is 0 Å². The number of hydrogen-bond acceptors (Lipinski definition) is 3. The minimum absolute atomic E-state index is 0.256. The maximum Gasteiger partial charge on any atom is 0.405 e. The predicted molar refractivity (Wildman–Crippen MR) is 86.7 cm³/mol. The van der Waals surface area contributed by atoms with Gasteiger partial charge in [-0.15, -0.1) is 0 Å². The fourth-order valence-corrected chi connectivity index (χ4v) is 3.67. The van der Waals surface area contributed by atoms with E-state index in [9.17, 15) is 22.8 Å². The number of fused-ring (bicyclic) bond motifs is 2. The second-order valence-corrected chi connectivity index (χ2v) is 6.71. The van der Waals surface area contributed by atoms with Crippen molar-refractivity contribution in [3.05, 3.63) is 28.8 Å². The highest BCUT2D eigenvalue weighted by Gasteiger charge is 2.51. The lowest BCUT2D eigenvalue weighted by atomic mass is 9.74. The third-order valence-electron chi connectivity index (χ3n) is 4.66.